The molecule has 0 bridgehead atoms. The fourth-order valence-electron chi connectivity index (χ4n) is 1.57. The lowest BCUT2D eigenvalue weighted by molar-refractivity contribution is 0.414. The van der Waals surface area contributed by atoms with E-state index in [-0.39, 0.29) is 0 Å². The molecule has 0 saturated carbocycles. The van der Waals surface area contributed by atoms with Gasteiger partial charge in [0.1, 0.15) is 5.75 Å². The van der Waals surface area contributed by atoms with E-state index in [0.717, 1.165) is 22.7 Å². The third-order valence-corrected chi connectivity index (χ3v) is 2.54. The van der Waals surface area contributed by atoms with Crippen LogP contribution in [0.25, 0.3) is 0 Å². The van der Waals surface area contributed by atoms with Crippen LogP contribution in [0.1, 0.15) is 5.56 Å². The van der Waals surface area contributed by atoms with E-state index in [4.69, 9.17) is 10.5 Å². The van der Waals surface area contributed by atoms with Crippen molar-refractivity contribution in [3.05, 3.63) is 36.2 Å². The average Bonchev–Trinajstić information content (AvgIpc) is 2.74. The molecule has 0 amide bonds. The zero-order valence-corrected chi connectivity index (χ0v) is 9.97. The SMILES string of the molecule is COc1ccc(N)c(CNc2cnn(C)c2)c1. The summed E-state index contributed by atoms with van der Waals surface area (Å²) in [6.07, 6.45) is 3.69. The first-order valence-corrected chi connectivity index (χ1v) is 5.34. The summed E-state index contributed by atoms with van der Waals surface area (Å²) in [5.74, 6) is 0.808. The number of anilines is 2. The van der Waals surface area contributed by atoms with Crippen LogP contribution >= 0.6 is 0 Å². The molecule has 0 spiro atoms. The van der Waals surface area contributed by atoms with E-state index in [1.165, 1.54) is 0 Å². The Balaban J connectivity index is 2.07. The minimum Gasteiger partial charge on any atom is -0.497 e. The van der Waals surface area contributed by atoms with Crippen LogP contribution in [0.2, 0.25) is 0 Å². The summed E-state index contributed by atoms with van der Waals surface area (Å²) in [7, 11) is 3.52. The first-order valence-electron chi connectivity index (χ1n) is 5.34. The smallest absolute Gasteiger partial charge is 0.119 e. The molecule has 0 unspecified atom stereocenters. The van der Waals surface area contributed by atoms with Crippen LogP contribution in [0.4, 0.5) is 11.4 Å². The summed E-state index contributed by atoms with van der Waals surface area (Å²) >= 11 is 0. The van der Waals surface area contributed by atoms with E-state index in [2.05, 4.69) is 10.4 Å². The molecule has 0 saturated heterocycles. The van der Waals surface area contributed by atoms with Gasteiger partial charge in [-0.3, -0.25) is 4.68 Å². The van der Waals surface area contributed by atoms with Crippen LogP contribution in [0.3, 0.4) is 0 Å². The molecule has 2 rings (SSSR count). The lowest BCUT2D eigenvalue weighted by Crippen LogP contribution is -2.02. The van der Waals surface area contributed by atoms with Gasteiger partial charge in [-0.15, -0.1) is 0 Å². The van der Waals surface area contributed by atoms with E-state index in [1.807, 2.05) is 31.4 Å². The second-order valence-corrected chi connectivity index (χ2v) is 3.82. The van der Waals surface area contributed by atoms with Gasteiger partial charge >= 0.3 is 0 Å². The topological polar surface area (TPSA) is 65.1 Å². The minimum absolute atomic E-state index is 0.648. The van der Waals surface area contributed by atoms with Gasteiger partial charge in [-0.05, 0) is 23.8 Å². The molecule has 5 heteroatoms. The molecule has 5 nitrogen and oxygen atoms in total. The van der Waals surface area contributed by atoms with Gasteiger partial charge in [0.05, 0.1) is 19.0 Å². The number of nitrogens with one attached hydrogen (secondary N) is 1. The number of ether oxygens (including phenoxy) is 1. The highest BCUT2D eigenvalue weighted by Gasteiger charge is 2.02. The Kier molecular flexibility index (Phi) is 3.18. The van der Waals surface area contributed by atoms with Crippen LogP contribution in [-0.4, -0.2) is 16.9 Å². The summed E-state index contributed by atoms with van der Waals surface area (Å²) < 4.78 is 6.91. The first-order chi connectivity index (χ1) is 8.19. The third kappa shape index (κ3) is 2.69. The van der Waals surface area contributed by atoms with Gasteiger partial charge in [0, 0.05) is 25.5 Å². The Morgan fingerprint density at radius 1 is 1.47 bits per heavy atom. The predicted molar refractivity (Wildman–Crippen MR) is 67.9 cm³/mol. The Morgan fingerprint density at radius 2 is 2.29 bits per heavy atom. The Labute approximate surface area is 100 Å². The molecule has 0 aliphatic carbocycles. The summed E-state index contributed by atoms with van der Waals surface area (Å²) in [5.41, 5.74) is 8.62. The van der Waals surface area contributed by atoms with Gasteiger partial charge in [0.25, 0.3) is 0 Å². The van der Waals surface area contributed by atoms with E-state index < -0.39 is 0 Å². The largest absolute Gasteiger partial charge is 0.497 e. The zero-order chi connectivity index (χ0) is 12.3. The molecule has 0 aliphatic heterocycles. The van der Waals surface area contributed by atoms with E-state index >= 15 is 0 Å². The van der Waals surface area contributed by atoms with Crippen molar-refractivity contribution in [3.8, 4) is 5.75 Å². The van der Waals surface area contributed by atoms with Crippen LogP contribution < -0.4 is 15.8 Å². The van der Waals surface area contributed by atoms with Crippen molar-refractivity contribution >= 4 is 11.4 Å². The maximum absolute atomic E-state index is 5.90. The number of nitrogens with zero attached hydrogens (tertiary/aromatic N) is 2. The molecular formula is C12H16N4O. The fraction of sp³-hybridized carbons (Fsp3) is 0.250. The number of benzene rings is 1. The highest BCUT2D eigenvalue weighted by molar-refractivity contribution is 5.52. The van der Waals surface area contributed by atoms with Crippen molar-refractivity contribution in [3.63, 3.8) is 0 Å². The molecule has 2 aromatic rings. The van der Waals surface area contributed by atoms with E-state index in [1.54, 1.807) is 18.0 Å². The van der Waals surface area contributed by atoms with E-state index in [0.29, 0.717) is 6.54 Å². The molecule has 0 aliphatic rings. The van der Waals surface area contributed by atoms with Crippen LogP contribution in [0, 0.1) is 0 Å². The Morgan fingerprint density at radius 3 is 2.94 bits per heavy atom. The Bertz CT molecular complexity index is 507. The maximum atomic E-state index is 5.90. The number of nitrogens with two attached hydrogens (primary N) is 1. The second-order valence-electron chi connectivity index (χ2n) is 3.82. The average molecular weight is 232 g/mol. The standard InChI is InChI=1S/C12H16N4O/c1-16-8-10(7-15-16)14-6-9-5-11(17-2)3-4-12(9)13/h3-5,7-8,14H,6,13H2,1-2H3. The minimum atomic E-state index is 0.648. The highest BCUT2D eigenvalue weighted by atomic mass is 16.5. The lowest BCUT2D eigenvalue weighted by Gasteiger charge is -2.09. The van der Waals surface area contributed by atoms with Gasteiger partial charge in [-0.25, -0.2) is 0 Å². The summed E-state index contributed by atoms with van der Waals surface area (Å²) in [6, 6.07) is 5.63. The number of aromatic nitrogens is 2. The molecule has 1 aromatic carbocycles. The number of hydrogen-bond acceptors (Lipinski definition) is 4. The second kappa shape index (κ2) is 4.78. The molecule has 0 radical (unpaired) electrons. The molecule has 1 aromatic heterocycles. The van der Waals surface area contributed by atoms with Crippen molar-refractivity contribution in [2.24, 2.45) is 7.05 Å². The number of rotatable bonds is 4. The maximum Gasteiger partial charge on any atom is 0.119 e. The number of nitrogen functional groups attached to an aromatic ring is 1. The van der Waals surface area contributed by atoms with Crippen molar-refractivity contribution in [1.29, 1.82) is 0 Å². The highest BCUT2D eigenvalue weighted by Crippen LogP contribution is 2.20. The molecule has 1 heterocycles. The number of hydrogen-bond donors (Lipinski definition) is 2. The van der Waals surface area contributed by atoms with Crippen molar-refractivity contribution in [1.82, 2.24) is 9.78 Å². The van der Waals surface area contributed by atoms with Crippen LogP contribution in [0.15, 0.2) is 30.6 Å². The summed E-state index contributed by atoms with van der Waals surface area (Å²) in [5, 5.41) is 7.34. The fourth-order valence-corrected chi connectivity index (χ4v) is 1.57. The van der Waals surface area contributed by atoms with Crippen molar-refractivity contribution < 1.29 is 4.74 Å². The van der Waals surface area contributed by atoms with Crippen molar-refractivity contribution in [2.45, 2.75) is 6.54 Å². The molecule has 3 N–H and O–H groups in total. The van der Waals surface area contributed by atoms with Gasteiger partial charge in [-0.2, -0.15) is 5.10 Å². The third-order valence-electron chi connectivity index (χ3n) is 2.54. The molecule has 90 valence electrons. The van der Waals surface area contributed by atoms with Gasteiger partial charge < -0.3 is 15.8 Å². The van der Waals surface area contributed by atoms with Crippen LogP contribution in [0.5, 0.6) is 5.75 Å². The number of methoxy groups -OCH3 is 1. The van der Waals surface area contributed by atoms with Gasteiger partial charge in [0.2, 0.25) is 0 Å². The molecule has 0 fully saturated rings. The summed E-state index contributed by atoms with van der Waals surface area (Å²) in [4.78, 5) is 0. The lowest BCUT2D eigenvalue weighted by atomic mass is 10.1. The predicted octanol–water partition coefficient (Wildman–Crippen LogP) is 1.62. The molecule has 17 heavy (non-hydrogen) atoms. The van der Waals surface area contributed by atoms with Crippen molar-refractivity contribution in [2.75, 3.05) is 18.2 Å². The quantitative estimate of drug-likeness (QED) is 0.786. The van der Waals surface area contributed by atoms with Gasteiger partial charge in [0.15, 0.2) is 0 Å². The number of aryl methyl sites for hydroxylation is 1. The van der Waals surface area contributed by atoms with Crippen LogP contribution in [-0.2, 0) is 13.6 Å². The monoisotopic (exact) mass is 232 g/mol. The summed E-state index contributed by atoms with van der Waals surface area (Å²) in [6.45, 7) is 0.648. The zero-order valence-electron chi connectivity index (χ0n) is 9.97. The first kappa shape index (κ1) is 11.3. The Hall–Kier alpha value is -2.17. The van der Waals surface area contributed by atoms with Gasteiger partial charge in [-0.1, -0.05) is 0 Å². The van der Waals surface area contributed by atoms with E-state index in [9.17, 15) is 0 Å². The molecule has 0 atom stereocenters. The normalized spacial score (nSPS) is 10.2. The molecular weight excluding hydrogens is 216 g/mol.